The van der Waals surface area contributed by atoms with Crippen LogP contribution in [-0.2, 0) is 9.59 Å². The van der Waals surface area contributed by atoms with Crippen LogP contribution in [0.25, 0.3) is 0 Å². The number of urea groups is 1. The zero-order valence-electron chi connectivity index (χ0n) is 10.3. The Kier molecular flexibility index (Phi) is 3.37. The van der Waals surface area contributed by atoms with Crippen LogP contribution >= 0.6 is 0 Å². The maximum Gasteiger partial charge on any atom is 0.319 e. The highest BCUT2D eigenvalue weighted by molar-refractivity contribution is 6.07. The number of benzene rings is 1. The molecule has 1 atom stereocenters. The molecule has 0 aromatic heterocycles. The van der Waals surface area contributed by atoms with Gasteiger partial charge in [-0.05, 0) is 24.3 Å². The fraction of sp³-hybridized carbons (Fsp3) is 0.250. The van der Waals surface area contributed by atoms with Crippen molar-refractivity contribution in [1.29, 1.82) is 0 Å². The summed E-state index contributed by atoms with van der Waals surface area (Å²) in [5.74, 6) is -0.708. The first-order chi connectivity index (χ1) is 8.97. The van der Waals surface area contributed by atoms with Crippen molar-refractivity contribution >= 4 is 29.2 Å². The zero-order chi connectivity index (χ0) is 14.0. The Morgan fingerprint density at radius 3 is 2.47 bits per heavy atom. The summed E-state index contributed by atoms with van der Waals surface area (Å²) in [7, 11) is 1.39. The molecular formula is C12H14N4O3. The zero-order valence-corrected chi connectivity index (χ0v) is 10.3. The predicted octanol–water partition coefficient (Wildman–Crippen LogP) is 0.148. The van der Waals surface area contributed by atoms with Gasteiger partial charge in [-0.25, -0.2) is 4.79 Å². The summed E-state index contributed by atoms with van der Waals surface area (Å²) < 4.78 is 0. The number of likely N-dealkylation sites (tertiary alicyclic amines) is 1. The lowest BCUT2D eigenvalue weighted by Gasteiger charge is -2.12. The standard InChI is InChI=1S/C12H14N4O3/c1-16-10(17)6-9(11(16)18)15-12(19)14-8-4-2-7(13)3-5-8/h2-5,9H,6,13H2,1H3,(H2,14,15,19). The molecule has 0 aliphatic carbocycles. The molecule has 1 aliphatic heterocycles. The highest BCUT2D eigenvalue weighted by atomic mass is 16.2. The van der Waals surface area contributed by atoms with Crippen molar-refractivity contribution in [1.82, 2.24) is 10.2 Å². The number of imide groups is 1. The lowest BCUT2D eigenvalue weighted by Crippen LogP contribution is -2.42. The third-order valence-corrected chi connectivity index (χ3v) is 2.86. The second kappa shape index (κ2) is 4.97. The van der Waals surface area contributed by atoms with Crippen molar-refractivity contribution in [3.63, 3.8) is 0 Å². The van der Waals surface area contributed by atoms with Gasteiger partial charge in [-0.1, -0.05) is 0 Å². The summed E-state index contributed by atoms with van der Waals surface area (Å²) in [5.41, 5.74) is 6.66. The van der Waals surface area contributed by atoms with Gasteiger partial charge in [-0.15, -0.1) is 0 Å². The van der Waals surface area contributed by atoms with E-state index < -0.39 is 18.0 Å². The number of likely N-dealkylation sites (N-methyl/N-ethyl adjacent to an activating group) is 1. The molecule has 7 heteroatoms. The molecule has 0 spiro atoms. The first-order valence-electron chi connectivity index (χ1n) is 5.71. The van der Waals surface area contributed by atoms with E-state index in [4.69, 9.17) is 5.73 Å². The number of nitrogens with two attached hydrogens (primary N) is 1. The first kappa shape index (κ1) is 12.9. The van der Waals surface area contributed by atoms with Crippen LogP contribution in [0.5, 0.6) is 0 Å². The van der Waals surface area contributed by atoms with Crippen molar-refractivity contribution in [2.45, 2.75) is 12.5 Å². The normalized spacial score (nSPS) is 18.6. The van der Waals surface area contributed by atoms with E-state index in [2.05, 4.69) is 10.6 Å². The molecule has 1 fully saturated rings. The van der Waals surface area contributed by atoms with Crippen LogP contribution in [0, 0.1) is 0 Å². The number of rotatable bonds is 2. The Balaban J connectivity index is 1.93. The number of hydrogen-bond acceptors (Lipinski definition) is 4. The highest BCUT2D eigenvalue weighted by Crippen LogP contribution is 2.12. The fourth-order valence-corrected chi connectivity index (χ4v) is 1.76. The third kappa shape index (κ3) is 2.82. The summed E-state index contributed by atoms with van der Waals surface area (Å²) in [4.78, 5) is 35.6. The molecule has 2 rings (SSSR count). The van der Waals surface area contributed by atoms with Crippen molar-refractivity contribution in [2.24, 2.45) is 0 Å². The number of anilines is 2. The molecule has 7 nitrogen and oxygen atoms in total. The number of nitrogens with zero attached hydrogens (tertiary/aromatic N) is 1. The average Bonchev–Trinajstić information content (AvgIpc) is 2.60. The number of amides is 4. The van der Waals surface area contributed by atoms with Gasteiger partial charge in [0.1, 0.15) is 6.04 Å². The third-order valence-electron chi connectivity index (χ3n) is 2.86. The minimum atomic E-state index is -0.800. The average molecular weight is 262 g/mol. The first-order valence-corrected chi connectivity index (χ1v) is 5.71. The highest BCUT2D eigenvalue weighted by Gasteiger charge is 2.36. The van der Waals surface area contributed by atoms with Gasteiger partial charge in [-0.3, -0.25) is 14.5 Å². The molecular weight excluding hydrogens is 248 g/mol. The Bertz CT molecular complexity index is 526. The molecule has 19 heavy (non-hydrogen) atoms. The number of hydrogen-bond donors (Lipinski definition) is 3. The molecule has 100 valence electrons. The van der Waals surface area contributed by atoms with Crippen molar-refractivity contribution < 1.29 is 14.4 Å². The number of carbonyl (C=O) groups is 3. The van der Waals surface area contributed by atoms with E-state index in [1.807, 2.05) is 0 Å². The second-order valence-electron chi connectivity index (χ2n) is 4.27. The van der Waals surface area contributed by atoms with Gasteiger partial charge in [0, 0.05) is 18.4 Å². The number of nitrogen functional groups attached to an aromatic ring is 1. The van der Waals surface area contributed by atoms with Crippen LogP contribution in [0.15, 0.2) is 24.3 Å². The molecule has 1 unspecified atom stereocenters. The molecule has 1 saturated heterocycles. The van der Waals surface area contributed by atoms with Crippen LogP contribution < -0.4 is 16.4 Å². The molecule has 0 radical (unpaired) electrons. The van der Waals surface area contributed by atoms with Crippen molar-refractivity contribution in [3.05, 3.63) is 24.3 Å². The van der Waals surface area contributed by atoms with Gasteiger partial charge in [0.15, 0.2) is 0 Å². The lowest BCUT2D eigenvalue weighted by molar-refractivity contribution is -0.137. The molecule has 1 heterocycles. The van der Waals surface area contributed by atoms with Crippen LogP contribution in [0.3, 0.4) is 0 Å². The van der Waals surface area contributed by atoms with Gasteiger partial charge in [0.25, 0.3) is 5.91 Å². The Morgan fingerprint density at radius 1 is 1.32 bits per heavy atom. The maximum absolute atomic E-state index is 11.7. The van der Waals surface area contributed by atoms with Gasteiger partial charge in [0.2, 0.25) is 5.91 Å². The van der Waals surface area contributed by atoms with E-state index in [1.165, 1.54) is 7.05 Å². The van der Waals surface area contributed by atoms with Gasteiger partial charge in [0.05, 0.1) is 6.42 Å². The van der Waals surface area contributed by atoms with E-state index in [0.29, 0.717) is 11.4 Å². The Hall–Kier alpha value is -2.57. The number of carbonyl (C=O) groups excluding carboxylic acids is 3. The summed E-state index contributed by atoms with van der Waals surface area (Å²) >= 11 is 0. The molecule has 0 saturated carbocycles. The monoisotopic (exact) mass is 262 g/mol. The lowest BCUT2D eigenvalue weighted by atomic mass is 10.2. The number of nitrogens with one attached hydrogen (secondary N) is 2. The fourth-order valence-electron chi connectivity index (χ4n) is 1.76. The van der Waals surface area contributed by atoms with Gasteiger partial charge in [-0.2, -0.15) is 0 Å². The quantitative estimate of drug-likeness (QED) is 0.521. The van der Waals surface area contributed by atoms with E-state index in [9.17, 15) is 14.4 Å². The van der Waals surface area contributed by atoms with E-state index in [0.717, 1.165) is 4.90 Å². The largest absolute Gasteiger partial charge is 0.399 e. The molecule has 4 N–H and O–H groups in total. The summed E-state index contributed by atoms with van der Waals surface area (Å²) in [5, 5.41) is 5.02. The van der Waals surface area contributed by atoms with E-state index >= 15 is 0 Å². The van der Waals surface area contributed by atoms with Crippen LogP contribution in [0.2, 0.25) is 0 Å². The van der Waals surface area contributed by atoms with Crippen LogP contribution in [-0.4, -0.2) is 35.8 Å². The Labute approximate surface area is 109 Å². The van der Waals surface area contributed by atoms with Crippen molar-refractivity contribution in [2.75, 3.05) is 18.1 Å². The van der Waals surface area contributed by atoms with E-state index in [-0.39, 0.29) is 12.3 Å². The molecule has 1 aromatic carbocycles. The minimum Gasteiger partial charge on any atom is -0.399 e. The van der Waals surface area contributed by atoms with Gasteiger partial charge < -0.3 is 16.4 Å². The smallest absolute Gasteiger partial charge is 0.319 e. The molecule has 4 amide bonds. The van der Waals surface area contributed by atoms with Crippen LogP contribution in [0.1, 0.15) is 6.42 Å². The minimum absolute atomic E-state index is 0.00943. The van der Waals surface area contributed by atoms with Crippen LogP contribution in [0.4, 0.5) is 16.2 Å². The molecule has 1 aromatic rings. The predicted molar refractivity (Wildman–Crippen MR) is 69.2 cm³/mol. The SMILES string of the molecule is CN1C(=O)CC(NC(=O)Nc2ccc(N)cc2)C1=O. The summed E-state index contributed by atoms with van der Waals surface area (Å²) in [6.45, 7) is 0. The molecule has 0 bridgehead atoms. The topological polar surface area (TPSA) is 105 Å². The second-order valence-corrected chi connectivity index (χ2v) is 4.27. The summed E-state index contributed by atoms with van der Waals surface area (Å²) in [6, 6.07) is 5.24. The summed E-state index contributed by atoms with van der Waals surface area (Å²) in [6.07, 6.45) is -0.00943. The van der Waals surface area contributed by atoms with Crippen molar-refractivity contribution in [3.8, 4) is 0 Å². The maximum atomic E-state index is 11.7. The Morgan fingerprint density at radius 2 is 1.95 bits per heavy atom. The van der Waals surface area contributed by atoms with E-state index in [1.54, 1.807) is 24.3 Å². The van der Waals surface area contributed by atoms with Gasteiger partial charge >= 0.3 is 6.03 Å². The molecule has 1 aliphatic rings.